The molecule has 0 aliphatic rings. The second-order valence-corrected chi connectivity index (χ2v) is 8.17. The van der Waals surface area contributed by atoms with Crippen LogP contribution in [-0.4, -0.2) is 31.2 Å². The summed E-state index contributed by atoms with van der Waals surface area (Å²) in [4.78, 5) is 18.3. The highest BCUT2D eigenvalue weighted by molar-refractivity contribution is 7.22. The zero-order chi connectivity index (χ0) is 22.8. The standard InChI is InChI=1S/C20H17N7S.C2H4O2/c21-7-10-1-2-16-12(3-10)6-17(28-16)14-5-11(4-13-8-25-27-18(13)14)15-9-24-20(23)26-19(15)22;1-2(3)4/h1-6,8-9H,7,21H2,(H,25,27)(H4,22,23,24,26);1H3,(H,3,4). The maximum atomic E-state index is 9.00. The van der Waals surface area contributed by atoms with Crippen LogP contribution < -0.4 is 17.2 Å². The molecule has 3 heterocycles. The molecule has 162 valence electrons. The second kappa shape index (κ2) is 8.61. The summed E-state index contributed by atoms with van der Waals surface area (Å²) in [6.07, 6.45) is 3.46. The Morgan fingerprint density at radius 2 is 1.88 bits per heavy atom. The molecule has 0 aliphatic carbocycles. The fourth-order valence-corrected chi connectivity index (χ4v) is 4.46. The first-order valence-electron chi connectivity index (χ1n) is 9.63. The van der Waals surface area contributed by atoms with Gasteiger partial charge in [0, 0.05) is 45.8 Å². The van der Waals surface area contributed by atoms with Crippen LogP contribution in [0.1, 0.15) is 12.5 Å². The van der Waals surface area contributed by atoms with E-state index in [2.05, 4.69) is 50.5 Å². The van der Waals surface area contributed by atoms with E-state index in [1.54, 1.807) is 23.7 Å². The van der Waals surface area contributed by atoms with Gasteiger partial charge in [-0.1, -0.05) is 6.07 Å². The van der Waals surface area contributed by atoms with Crippen molar-refractivity contribution in [2.45, 2.75) is 13.5 Å². The fourth-order valence-electron chi connectivity index (χ4n) is 3.39. The average Bonchev–Trinajstić information content (AvgIpc) is 3.38. The number of carboxylic acids is 1. The molecule has 0 atom stereocenters. The molecule has 0 saturated heterocycles. The van der Waals surface area contributed by atoms with Gasteiger partial charge >= 0.3 is 0 Å². The summed E-state index contributed by atoms with van der Waals surface area (Å²) >= 11 is 1.73. The van der Waals surface area contributed by atoms with Crippen LogP contribution in [0.2, 0.25) is 0 Å². The molecule has 0 unspecified atom stereocenters. The molecular weight excluding hydrogens is 426 g/mol. The van der Waals surface area contributed by atoms with Crippen molar-refractivity contribution in [2.24, 2.45) is 5.73 Å². The zero-order valence-electron chi connectivity index (χ0n) is 17.2. The number of carbonyl (C=O) groups is 1. The van der Waals surface area contributed by atoms with Gasteiger partial charge in [-0.25, -0.2) is 4.98 Å². The van der Waals surface area contributed by atoms with Crippen molar-refractivity contribution < 1.29 is 9.90 Å². The van der Waals surface area contributed by atoms with E-state index in [0.717, 1.165) is 45.0 Å². The Kier molecular flexibility index (Phi) is 5.71. The van der Waals surface area contributed by atoms with Crippen LogP contribution in [0.5, 0.6) is 0 Å². The molecule has 2 aromatic carbocycles. The third-order valence-electron chi connectivity index (χ3n) is 4.78. The van der Waals surface area contributed by atoms with Gasteiger partial charge in [0.15, 0.2) is 0 Å². The van der Waals surface area contributed by atoms with Crippen molar-refractivity contribution >= 4 is 50.1 Å². The first-order valence-corrected chi connectivity index (χ1v) is 10.4. The summed E-state index contributed by atoms with van der Waals surface area (Å²) in [6.45, 7) is 1.61. The van der Waals surface area contributed by atoms with Crippen molar-refractivity contribution in [3.8, 4) is 21.6 Å². The number of aromatic amines is 1. The molecule has 8 N–H and O–H groups in total. The van der Waals surface area contributed by atoms with Crippen LogP contribution in [-0.2, 0) is 11.3 Å². The molecule has 0 saturated carbocycles. The summed E-state index contributed by atoms with van der Waals surface area (Å²) in [5.74, 6) is -0.323. The zero-order valence-corrected chi connectivity index (χ0v) is 18.0. The summed E-state index contributed by atoms with van der Waals surface area (Å²) in [6, 6.07) is 12.6. The number of aliphatic carboxylic acids is 1. The van der Waals surface area contributed by atoms with Crippen LogP contribution >= 0.6 is 11.3 Å². The van der Waals surface area contributed by atoms with Crippen molar-refractivity contribution in [1.82, 2.24) is 20.2 Å². The number of nitrogens with two attached hydrogens (primary N) is 3. The predicted octanol–water partition coefficient (Wildman–Crippen LogP) is 3.62. The molecule has 0 fully saturated rings. The molecule has 9 nitrogen and oxygen atoms in total. The van der Waals surface area contributed by atoms with Crippen molar-refractivity contribution in [1.29, 1.82) is 0 Å². The average molecular weight is 448 g/mol. The molecule has 3 aromatic heterocycles. The van der Waals surface area contributed by atoms with E-state index in [1.807, 2.05) is 6.07 Å². The maximum Gasteiger partial charge on any atom is 0.300 e. The van der Waals surface area contributed by atoms with Gasteiger partial charge in [0.1, 0.15) is 5.82 Å². The number of nitrogens with one attached hydrogen (secondary N) is 1. The molecular formula is C22H21N7O2S. The molecule has 5 rings (SSSR count). The van der Waals surface area contributed by atoms with Crippen molar-refractivity contribution in [3.05, 3.63) is 54.4 Å². The van der Waals surface area contributed by atoms with Crippen LogP contribution in [0.25, 0.3) is 42.6 Å². The van der Waals surface area contributed by atoms with Gasteiger partial charge < -0.3 is 22.3 Å². The molecule has 0 aliphatic heterocycles. The van der Waals surface area contributed by atoms with E-state index in [1.165, 1.54) is 10.1 Å². The molecule has 0 spiro atoms. The Balaban J connectivity index is 0.000000567. The highest BCUT2D eigenvalue weighted by atomic mass is 32.1. The summed E-state index contributed by atoms with van der Waals surface area (Å²) < 4.78 is 1.21. The summed E-state index contributed by atoms with van der Waals surface area (Å²) in [7, 11) is 0. The molecule has 10 heteroatoms. The number of hydrogen-bond donors (Lipinski definition) is 5. The number of anilines is 2. The summed E-state index contributed by atoms with van der Waals surface area (Å²) in [5, 5.41) is 16.9. The lowest BCUT2D eigenvalue weighted by Crippen LogP contribution is -2.01. The Labute approximate surface area is 186 Å². The Hall–Kier alpha value is -4.02. The normalized spacial score (nSPS) is 10.8. The van der Waals surface area contributed by atoms with Gasteiger partial charge in [-0.05, 0) is 46.8 Å². The topological polar surface area (TPSA) is 170 Å². The van der Waals surface area contributed by atoms with Gasteiger partial charge in [-0.3, -0.25) is 9.89 Å². The molecule has 0 amide bonds. The third-order valence-corrected chi connectivity index (χ3v) is 5.93. The first-order chi connectivity index (χ1) is 15.4. The van der Waals surface area contributed by atoms with E-state index in [0.29, 0.717) is 12.4 Å². The first kappa shape index (κ1) is 21.2. The number of aromatic nitrogens is 4. The summed E-state index contributed by atoms with van der Waals surface area (Å²) in [5.41, 5.74) is 22.3. The third kappa shape index (κ3) is 4.22. The lowest BCUT2D eigenvalue weighted by Gasteiger charge is -2.08. The number of nitrogen functional groups attached to an aromatic ring is 2. The number of nitrogens with zero attached hydrogens (tertiary/aromatic N) is 3. The molecule has 0 bridgehead atoms. The minimum Gasteiger partial charge on any atom is -0.481 e. The number of benzene rings is 2. The van der Waals surface area contributed by atoms with E-state index >= 15 is 0 Å². The quantitative estimate of drug-likeness (QED) is 0.279. The van der Waals surface area contributed by atoms with Crippen LogP contribution in [0.15, 0.2) is 48.8 Å². The van der Waals surface area contributed by atoms with Crippen molar-refractivity contribution in [2.75, 3.05) is 11.5 Å². The van der Waals surface area contributed by atoms with Crippen LogP contribution in [0, 0.1) is 0 Å². The van der Waals surface area contributed by atoms with Crippen LogP contribution in [0.3, 0.4) is 0 Å². The van der Waals surface area contributed by atoms with Crippen LogP contribution in [0.4, 0.5) is 11.8 Å². The van der Waals surface area contributed by atoms with E-state index in [4.69, 9.17) is 27.1 Å². The minimum absolute atomic E-state index is 0.158. The molecule has 0 radical (unpaired) electrons. The fraction of sp³-hybridized carbons (Fsp3) is 0.0909. The van der Waals surface area contributed by atoms with Gasteiger partial charge in [-0.15, -0.1) is 11.3 Å². The van der Waals surface area contributed by atoms with Crippen molar-refractivity contribution in [3.63, 3.8) is 0 Å². The molecule has 32 heavy (non-hydrogen) atoms. The number of rotatable bonds is 3. The Morgan fingerprint density at radius 1 is 1.09 bits per heavy atom. The number of fused-ring (bicyclic) bond motifs is 2. The van der Waals surface area contributed by atoms with Gasteiger partial charge in [0.05, 0.1) is 11.7 Å². The number of hydrogen-bond acceptors (Lipinski definition) is 8. The number of carboxylic acid groups (broad SMARTS) is 1. The van der Waals surface area contributed by atoms with E-state index in [-0.39, 0.29) is 5.95 Å². The largest absolute Gasteiger partial charge is 0.481 e. The Bertz CT molecular complexity index is 1440. The van der Waals surface area contributed by atoms with E-state index in [9.17, 15) is 0 Å². The highest BCUT2D eigenvalue weighted by Crippen LogP contribution is 2.39. The van der Waals surface area contributed by atoms with Gasteiger partial charge in [0.2, 0.25) is 5.95 Å². The SMILES string of the molecule is CC(=O)O.NCc1ccc2sc(-c3cc(-c4cnc(N)nc4N)cc4cn[nH]c34)cc2c1. The van der Waals surface area contributed by atoms with Gasteiger partial charge in [-0.2, -0.15) is 10.1 Å². The lowest BCUT2D eigenvalue weighted by atomic mass is 10.0. The van der Waals surface area contributed by atoms with E-state index < -0.39 is 5.97 Å². The molecule has 5 aromatic rings. The van der Waals surface area contributed by atoms with Gasteiger partial charge in [0.25, 0.3) is 5.97 Å². The monoisotopic (exact) mass is 447 g/mol. The maximum absolute atomic E-state index is 9.00. The highest BCUT2D eigenvalue weighted by Gasteiger charge is 2.14. The number of H-pyrrole nitrogens is 1. The Morgan fingerprint density at radius 3 is 2.59 bits per heavy atom. The predicted molar refractivity (Wildman–Crippen MR) is 128 cm³/mol. The minimum atomic E-state index is -0.833. The second-order valence-electron chi connectivity index (χ2n) is 7.09. The lowest BCUT2D eigenvalue weighted by molar-refractivity contribution is -0.134. The number of thiophene rings is 1. The smallest absolute Gasteiger partial charge is 0.300 e.